The molecule has 0 atom stereocenters. The molecule has 0 N–H and O–H groups in total. The molecule has 0 unspecified atom stereocenters. The van der Waals surface area contributed by atoms with Gasteiger partial charge in [-0.15, -0.1) is 6.58 Å². The molecule has 0 saturated carbocycles. The lowest BCUT2D eigenvalue weighted by molar-refractivity contribution is 0.615. The molecule has 1 aliphatic rings. The zero-order chi connectivity index (χ0) is 17.6. The molecule has 23 heavy (non-hydrogen) atoms. The van der Waals surface area contributed by atoms with Crippen molar-refractivity contribution in [2.45, 2.75) is 41.0 Å². The van der Waals surface area contributed by atoms with Gasteiger partial charge in [-0.05, 0) is 59.9 Å². The van der Waals surface area contributed by atoms with Crippen molar-refractivity contribution >= 4 is 28.2 Å². The van der Waals surface area contributed by atoms with Gasteiger partial charge in [-0.2, -0.15) is 0 Å². The number of nitrogens with zero attached hydrogens (tertiary/aromatic N) is 1. The van der Waals surface area contributed by atoms with E-state index in [4.69, 9.17) is 0 Å². The van der Waals surface area contributed by atoms with Gasteiger partial charge in [-0.1, -0.05) is 39.5 Å². The van der Waals surface area contributed by atoms with Gasteiger partial charge in [0, 0.05) is 11.8 Å². The van der Waals surface area contributed by atoms with Crippen LogP contribution in [0.5, 0.6) is 0 Å². The Morgan fingerprint density at radius 3 is 2.35 bits per heavy atom. The number of halogens is 1. The molecular formula is C21H26FN. The maximum absolute atomic E-state index is 14.0. The Hall–Kier alpha value is -2.22. The Balaban J connectivity index is 0.000000477. The SMILES string of the molecule is C=C(C)c1c2c(cc3ccc(F)c(CC)c13)N=C2.C=CC.CC. The summed E-state index contributed by atoms with van der Waals surface area (Å²) >= 11 is 0. The predicted octanol–water partition coefficient (Wildman–Crippen LogP) is 6.86. The van der Waals surface area contributed by atoms with Crippen LogP contribution < -0.4 is 0 Å². The van der Waals surface area contributed by atoms with E-state index in [1.54, 1.807) is 6.08 Å². The van der Waals surface area contributed by atoms with E-state index in [1.165, 1.54) is 6.07 Å². The lowest BCUT2D eigenvalue weighted by Gasteiger charge is -2.20. The van der Waals surface area contributed by atoms with E-state index in [0.29, 0.717) is 6.42 Å². The van der Waals surface area contributed by atoms with Crippen LogP contribution in [0, 0.1) is 5.82 Å². The van der Waals surface area contributed by atoms with Crippen molar-refractivity contribution in [3.8, 4) is 0 Å². The predicted molar refractivity (Wildman–Crippen MR) is 102 cm³/mol. The highest BCUT2D eigenvalue weighted by Gasteiger charge is 2.20. The Morgan fingerprint density at radius 1 is 1.30 bits per heavy atom. The first-order chi connectivity index (χ1) is 11.0. The van der Waals surface area contributed by atoms with Crippen LogP contribution in [0.1, 0.15) is 51.3 Å². The number of hydrogen-bond acceptors (Lipinski definition) is 1. The average molecular weight is 311 g/mol. The number of hydrogen-bond donors (Lipinski definition) is 0. The molecule has 1 heterocycles. The zero-order valence-corrected chi connectivity index (χ0v) is 14.8. The highest BCUT2D eigenvalue weighted by molar-refractivity contribution is 6.11. The fraction of sp³-hybridized carbons (Fsp3) is 0.286. The number of rotatable bonds is 2. The summed E-state index contributed by atoms with van der Waals surface area (Å²) in [7, 11) is 0. The van der Waals surface area contributed by atoms with Crippen molar-refractivity contribution in [2.75, 3.05) is 0 Å². The van der Waals surface area contributed by atoms with Gasteiger partial charge < -0.3 is 0 Å². The van der Waals surface area contributed by atoms with E-state index in [2.05, 4.69) is 18.2 Å². The van der Waals surface area contributed by atoms with Crippen LogP contribution in [0.3, 0.4) is 0 Å². The van der Waals surface area contributed by atoms with Crippen LogP contribution in [-0.4, -0.2) is 6.21 Å². The maximum atomic E-state index is 14.0. The Kier molecular flexibility index (Phi) is 6.89. The molecule has 0 radical (unpaired) electrons. The van der Waals surface area contributed by atoms with E-state index < -0.39 is 0 Å². The van der Waals surface area contributed by atoms with Gasteiger partial charge in [-0.3, -0.25) is 4.99 Å². The first-order valence-electron chi connectivity index (χ1n) is 8.10. The van der Waals surface area contributed by atoms with Gasteiger partial charge in [0.05, 0.1) is 5.69 Å². The molecule has 0 aliphatic carbocycles. The third kappa shape index (κ3) is 3.58. The van der Waals surface area contributed by atoms with E-state index in [9.17, 15) is 4.39 Å². The number of allylic oxidation sites excluding steroid dienone is 2. The summed E-state index contributed by atoms with van der Waals surface area (Å²) in [4.78, 5) is 4.24. The number of benzene rings is 2. The first-order valence-corrected chi connectivity index (χ1v) is 8.10. The number of fused-ring (bicyclic) bond motifs is 2. The van der Waals surface area contributed by atoms with Gasteiger partial charge in [0.1, 0.15) is 5.82 Å². The summed E-state index contributed by atoms with van der Waals surface area (Å²) in [6.45, 7) is 17.2. The summed E-state index contributed by atoms with van der Waals surface area (Å²) in [5.41, 5.74) is 4.86. The molecule has 0 saturated heterocycles. The summed E-state index contributed by atoms with van der Waals surface area (Å²) in [6, 6.07) is 5.39. The fourth-order valence-electron chi connectivity index (χ4n) is 2.64. The van der Waals surface area contributed by atoms with Crippen molar-refractivity contribution < 1.29 is 4.39 Å². The molecule has 0 spiro atoms. The Morgan fingerprint density at radius 2 is 1.91 bits per heavy atom. The van der Waals surface area contributed by atoms with Crippen LogP contribution in [-0.2, 0) is 6.42 Å². The van der Waals surface area contributed by atoms with Gasteiger partial charge >= 0.3 is 0 Å². The van der Waals surface area contributed by atoms with Crippen molar-refractivity contribution in [3.63, 3.8) is 0 Å². The minimum Gasteiger partial charge on any atom is -0.255 e. The molecule has 2 aromatic carbocycles. The lowest BCUT2D eigenvalue weighted by atomic mass is 9.88. The molecule has 0 amide bonds. The van der Waals surface area contributed by atoms with E-state index >= 15 is 0 Å². The minimum absolute atomic E-state index is 0.135. The molecule has 2 aromatic rings. The summed E-state index contributed by atoms with van der Waals surface area (Å²) in [5.74, 6) is -0.135. The van der Waals surface area contributed by atoms with E-state index in [-0.39, 0.29) is 5.82 Å². The van der Waals surface area contributed by atoms with Crippen LogP contribution in [0.25, 0.3) is 16.3 Å². The summed E-state index contributed by atoms with van der Waals surface area (Å²) in [6.07, 6.45) is 4.27. The molecule has 1 aliphatic heterocycles. The Bertz CT molecular complexity index is 754. The van der Waals surface area contributed by atoms with E-state index in [1.807, 2.05) is 53.0 Å². The molecule has 0 bridgehead atoms. The van der Waals surface area contributed by atoms with E-state index in [0.717, 1.165) is 38.7 Å². The molecular weight excluding hydrogens is 285 g/mol. The third-order valence-electron chi connectivity index (χ3n) is 3.49. The normalized spacial score (nSPS) is 10.5. The second-order valence-corrected chi connectivity index (χ2v) is 5.11. The fourth-order valence-corrected chi connectivity index (χ4v) is 2.64. The largest absolute Gasteiger partial charge is 0.255 e. The molecule has 0 aromatic heterocycles. The highest BCUT2D eigenvalue weighted by Crippen LogP contribution is 2.40. The van der Waals surface area contributed by atoms with Gasteiger partial charge in [0.25, 0.3) is 0 Å². The molecule has 0 fully saturated rings. The summed E-state index contributed by atoms with van der Waals surface area (Å²) in [5, 5.41) is 2.04. The first kappa shape index (κ1) is 18.8. The van der Waals surface area contributed by atoms with Gasteiger partial charge in [0.2, 0.25) is 0 Å². The Labute approximate surface area is 139 Å². The molecule has 3 rings (SSSR count). The molecule has 2 heteroatoms. The topological polar surface area (TPSA) is 12.4 Å². The summed E-state index contributed by atoms with van der Waals surface area (Å²) < 4.78 is 14.0. The van der Waals surface area contributed by atoms with Crippen LogP contribution in [0.15, 0.2) is 42.4 Å². The number of aryl methyl sites for hydroxylation is 1. The van der Waals surface area contributed by atoms with Gasteiger partial charge in [-0.25, -0.2) is 4.39 Å². The van der Waals surface area contributed by atoms with Crippen molar-refractivity contribution in [2.24, 2.45) is 4.99 Å². The van der Waals surface area contributed by atoms with Gasteiger partial charge in [0.15, 0.2) is 0 Å². The maximum Gasteiger partial charge on any atom is 0.127 e. The highest BCUT2D eigenvalue weighted by atomic mass is 19.1. The molecule has 1 nitrogen and oxygen atoms in total. The monoisotopic (exact) mass is 311 g/mol. The second-order valence-electron chi connectivity index (χ2n) is 5.11. The van der Waals surface area contributed by atoms with Crippen LogP contribution in [0.4, 0.5) is 10.1 Å². The average Bonchev–Trinajstić information content (AvgIpc) is 2.51. The van der Waals surface area contributed by atoms with Crippen LogP contribution >= 0.6 is 0 Å². The van der Waals surface area contributed by atoms with Crippen molar-refractivity contribution in [1.29, 1.82) is 0 Å². The van der Waals surface area contributed by atoms with Crippen molar-refractivity contribution in [3.05, 3.63) is 59.9 Å². The zero-order valence-electron chi connectivity index (χ0n) is 14.8. The van der Waals surface area contributed by atoms with Crippen molar-refractivity contribution in [1.82, 2.24) is 0 Å². The smallest absolute Gasteiger partial charge is 0.127 e. The molecule has 122 valence electrons. The standard InChI is InChI=1S/C16H14FN.C3H6.C2H6/c1-4-11-13(17)6-5-10-7-14-12(8-18-14)15(9(2)3)16(10)11;1-3-2;1-2/h5-8H,2,4H2,1,3H3;3H,1H2,2H3;1-2H3. The van der Waals surface area contributed by atoms with Crippen LogP contribution in [0.2, 0.25) is 0 Å². The third-order valence-corrected chi connectivity index (χ3v) is 3.49. The quantitative estimate of drug-likeness (QED) is 0.458. The minimum atomic E-state index is -0.135. The number of aliphatic imine (C=N–C) groups is 1. The lowest BCUT2D eigenvalue weighted by Crippen LogP contribution is -2.02. The second kappa shape index (κ2) is 8.42.